The van der Waals surface area contributed by atoms with Gasteiger partial charge in [0.15, 0.2) is 0 Å². The molecule has 8 rings (SSSR count). The summed E-state index contributed by atoms with van der Waals surface area (Å²) in [4.78, 5) is 37.6. The zero-order valence-corrected chi connectivity index (χ0v) is 47.9. The molecule has 0 amide bonds. The average Bonchev–Trinajstić information content (AvgIpc) is 4.20. The van der Waals surface area contributed by atoms with Crippen molar-refractivity contribution in [1.29, 1.82) is 21.0 Å². The van der Waals surface area contributed by atoms with Crippen LogP contribution in [-0.4, -0.2) is 70.8 Å². The number of hydrogen-bond donors (Lipinski definition) is 3. The summed E-state index contributed by atoms with van der Waals surface area (Å²) in [5.74, 6) is -1.67. The van der Waals surface area contributed by atoms with Crippen LogP contribution >= 0.6 is 62.3 Å². The number of benzene rings is 4. The zero-order valence-electron chi connectivity index (χ0n) is 43.2. The van der Waals surface area contributed by atoms with Gasteiger partial charge in [0.2, 0.25) is 0 Å². The first-order valence-corrected chi connectivity index (χ1v) is 26.7. The molecular formula is C56H56BrCl4LiN8O8. The van der Waals surface area contributed by atoms with E-state index in [0.29, 0.717) is 96.3 Å². The standard InChI is InChI=1S/C15H15ClN2O2.C13H11ClN2O2.C13H13ClN2O.C11H10ClNO2.C4H6BrN.Li.H2O/c1-2-20-15(19)14-10-11-9-12(16)5-6-13(11)18(14)8-4-3-7-17;14-10-3-4-11-9(7-10)8-12(13(17)18)16(11)6-2-1-5-15;14-11-3-4-13-10(7-11)8-12(9-17)16(13)6-2-1-5-15;1-2-15-11(14)10-6-7-5-8(12)3-4-9(7)13-10;5-3-1-2-4-6;;/h5-6,9-10H,2-4,8H2,1H3;3-4,7-8H,1-2,6H2,(H,17,18);3-4,7-8,17H,1-2,6,9H2;3-6,13H,2H2,1H3;1-3H2;;1H2/q;;;;;+1;/p-1. The third-order valence-electron chi connectivity index (χ3n) is 11.1. The molecule has 0 saturated heterocycles. The minimum atomic E-state index is -0.973. The van der Waals surface area contributed by atoms with E-state index in [-0.39, 0.29) is 48.6 Å². The molecule has 8 aromatic rings. The molecule has 0 radical (unpaired) electrons. The molecule has 0 aliphatic rings. The fraction of sp³-hybridized carbons (Fsp3) is 0.304. The Labute approximate surface area is 492 Å². The number of aryl methyl sites for hydroxylation is 3. The third-order valence-corrected chi connectivity index (χ3v) is 12.6. The monoisotopic (exact) mass is 1190 g/mol. The summed E-state index contributed by atoms with van der Waals surface area (Å²) in [5, 5.41) is 59.3. The Morgan fingerprint density at radius 1 is 0.564 bits per heavy atom. The Hall–Kier alpha value is -6.43. The fourth-order valence-electron chi connectivity index (χ4n) is 7.73. The molecule has 16 nitrogen and oxygen atoms in total. The van der Waals surface area contributed by atoms with Gasteiger partial charge in [-0.1, -0.05) is 62.3 Å². The molecule has 4 heterocycles. The van der Waals surface area contributed by atoms with E-state index < -0.39 is 5.97 Å². The molecule has 0 aliphatic carbocycles. The number of nitrogens with one attached hydrogen (secondary N) is 1. The first kappa shape index (κ1) is 67.7. The van der Waals surface area contributed by atoms with Gasteiger partial charge in [-0.3, -0.25) is 0 Å². The minimum Gasteiger partial charge on any atom is -0.870 e. The number of aliphatic hydroxyl groups excluding tert-OH is 1. The van der Waals surface area contributed by atoms with Gasteiger partial charge in [-0.2, -0.15) is 21.0 Å². The maximum absolute atomic E-state index is 12.0. The molecule has 4 aromatic carbocycles. The number of aliphatic hydroxyl groups is 1. The van der Waals surface area contributed by atoms with Gasteiger partial charge in [-0.15, -0.1) is 0 Å². The molecule has 22 heteroatoms. The number of esters is 2. The summed E-state index contributed by atoms with van der Waals surface area (Å²) < 4.78 is 15.6. The number of nitrogens with zero attached hydrogens (tertiary/aromatic N) is 7. The van der Waals surface area contributed by atoms with Crippen molar-refractivity contribution in [3.8, 4) is 24.3 Å². The second kappa shape index (κ2) is 35.9. The molecule has 0 saturated carbocycles. The van der Waals surface area contributed by atoms with Crippen LogP contribution in [0.15, 0.2) is 97.1 Å². The van der Waals surface area contributed by atoms with Gasteiger partial charge >= 0.3 is 36.8 Å². The Kier molecular flexibility index (Phi) is 31.1. The molecule has 4 aromatic heterocycles. The predicted octanol–water partition coefficient (Wildman–Crippen LogP) is 11.7. The molecular weight excluding hydrogens is 1140 g/mol. The second-order valence-corrected chi connectivity index (χ2v) is 18.9. The van der Waals surface area contributed by atoms with E-state index in [1.807, 2.05) is 57.7 Å². The van der Waals surface area contributed by atoms with Crippen molar-refractivity contribution in [3.05, 3.63) is 140 Å². The molecule has 4 N–H and O–H groups in total. The number of aromatic carboxylic acids is 1. The maximum atomic E-state index is 12.0. The van der Waals surface area contributed by atoms with Crippen LogP contribution in [0.5, 0.6) is 0 Å². The van der Waals surface area contributed by atoms with Crippen LogP contribution in [-0.2, 0) is 35.7 Å². The number of carbonyl (C=O) groups is 3. The maximum Gasteiger partial charge on any atom is 1.00 e. The second-order valence-electron chi connectivity index (χ2n) is 16.3. The Bertz CT molecular complexity index is 3420. The first-order valence-electron chi connectivity index (χ1n) is 24.0. The summed E-state index contributed by atoms with van der Waals surface area (Å²) >= 11 is 26.8. The summed E-state index contributed by atoms with van der Waals surface area (Å²) in [5.41, 5.74) is 5.73. The van der Waals surface area contributed by atoms with Crippen LogP contribution in [0.1, 0.15) is 102 Å². The Balaban J connectivity index is 0.000000342. The van der Waals surface area contributed by atoms with Crippen molar-refractivity contribution >= 4 is 124 Å². The third kappa shape index (κ3) is 20.1. The summed E-state index contributed by atoms with van der Waals surface area (Å²) in [6.07, 6.45) is 5.14. The van der Waals surface area contributed by atoms with E-state index in [2.05, 4.69) is 39.1 Å². The van der Waals surface area contributed by atoms with Crippen LogP contribution in [0, 0.1) is 45.3 Å². The minimum absolute atomic E-state index is 0. The number of alkyl halides is 1. The normalized spacial score (nSPS) is 10.0. The fourth-order valence-corrected chi connectivity index (χ4v) is 8.73. The van der Waals surface area contributed by atoms with Crippen molar-refractivity contribution in [2.45, 2.75) is 91.5 Å². The topological polar surface area (TPSA) is 266 Å². The Morgan fingerprint density at radius 2 is 0.962 bits per heavy atom. The number of halogens is 5. The Morgan fingerprint density at radius 3 is 1.40 bits per heavy atom. The van der Waals surface area contributed by atoms with Crippen LogP contribution in [0.2, 0.25) is 20.1 Å². The molecule has 0 unspecified atom stereocenters. The molecule has 0 aliphatic heterocycles. The summed E-state index contributed by atoms with van der Waals surface area (Å²) in [6, 6.07) is 37.2. The van der Waals surface area contributed by atoms with Crippen molar-refractivity contribution in [1.82, 2.24) is 18.7 Å². The number of ether oxygens (including phenoxy) is 2. The predicted molar refractivity (Wildman–Crippen MR) is 304 cm³/mol. The number of fused-ring (bicyclic) bond motifs is 4. The number of aromatic nitrogens is 4. The van der Waals surface area contributed by atoms with Crippen LogP contribution in [0.3, 0.4) is 0 Å². The number of carbonyl (C=O) groups excluding carboxylic acids is 2. The quantitative estimate of drug-likeness (QED) is 0.0333. The number of carboxylic acid groups (broad SMARTS) is 1. The van der Waals surface area contributed by atoms with Crippen molar-refractivity contribution < 1.29 is 58.4 Å². The summed E-state index contributed by atoms with van der Waals surface area (Å²) in [7, 11) is 0. The molecule has 0 bridgehead atoms. The first-order chi connectivity index (χ1) is 36.7. The molecule has 0 fully saturated rings. The van der Waals surface area contributed by atoms with E-state index >= 15 is 0 Å². The SMILES string of the molecule is CCOC(=O)c1cc2cc(Cl)ccc2[nH]1.CCOC(=O)c1cc2cc(Cl)ccc2n1CCCC#N.N#CCCCBr.N#CCCCn1c(C(=O)O)cc2cc(Cl)ccc21.N#CCCCn1c(CO)cc2cc(Cl)ccc21.[Li+].[OH-]. The molecule has 0 spiro atoms. The van der Waals surface area contributed by atoms with Crippen molar-refractivity contribution in [2.24, 2.45) is 0 Å². The van der Waals surface area contributed by atoms with Crippen LogP contribution < -0.4 is 18.9 Å². The van der Waals surface area contributed by atoms with Gasteiger partial charge in [0.1, 0.15) is 17.1 Å². The van der Waals surface area contributed by atoms with Gasteiger partial charge in [0, 0.05) is 120 Å². The van der Waals surface area contributed by atoms with Crippen molar-refractivity contribution in [2.75, 3.05) is 18.5 Å². The number of unbranched alkanes of at least 4 members (excludes halogenated alkanes) is 4. The van der Waals surface area contributed by atoms with Gasteiger partial charge in [0.05, 0.1) is 44.1 Å². The van der Waals surface area contributed by atoms with E-state index in [1.165, 1.54) is 0 Å². The van der Waals surface area contributed by atoms with Crippen LogP contribution in [0.25, 0.3) is 43.6 Å². The molecule has 404 valence electrons. The van der Waals surface area contributed by atoms with E-state index in [9.17, 15) is 24.6 Å². The number of aromatic amines is 1. The van der Waals surface area contributed by atoms with E-state index in [0.717, 1.165) is 74.0 Å². The molecule has 78 heavy (non-hydrogen) atoms. The number of H-pyrrole nitrogens is 1. The van der Waals surface area contributed by atoms with Gasteiger partial charge in [-0.25, -0.2) is 14.4 Å². The smallest absolute Gasteiger partial charge is 0.870 e. The number of nitriles is 4. The summed E-state index contributed by atoms with van der Waals surface area (Å²) in [6.45, 7) is 6.11. The van der Waals surface area contributed by atoms with Crippen molar-refractivity contribution in [3.63, 3.8) is 0 Å². The molecule has 0 atom stereocenters. The zero-order chi connectivity index (χ0) is 55.6. The van der Waals surface area contributed by atoms with Crippen LogP contribution in [0.4, 0.5) is 0 Å². The van der Waals surface area contributed by atoms with Gasteiger partial charge < -0.3 is 43.8 Å². The van der Waals surface area contributed by atoms with E-state index in [1.54, 1.807) is 73.0 Å². The van der Waals surface area contributed by atoms with E-state index in [4.69, 9.17) is 76.9 Å². The van der Waals surface area contributed by atoms with Gasteiger partial charge in [-0.05, 0) is 137 Å². The number of carboxylic acids is 1. The number of hydrogen-bond acceptors (Lipinski definition) is 11. The van der Waals surface area contributed by atoms with Gasteiger partial charge in [0.25, 0.3) is 0 Å². The average molecular weight is 1200 g/mol. The largest absolute Gasteiger partial charge is 1.00 e. The number of rotatable bonds is 17.